The number of fused-ring (bicyclic) bond motifs is 1. The van der Waals surface area contributed by atoms with Crippen molar-refractivity contribution >= 4 is 28.5 Å². The maximum absolute atomic E-state index is 7.80. The van der Waals surface area contributed by atoms with Gasteiger partial charge in [0, 0.05) is 15.8 Å². The fourth-order valence-electron chi connectivity index (χ4n) is 2.14. The smallest absolute Gasteiger partial charge is 0.125 e. The molecule has 3 aromatic rings. The summed E-state index contributed by atoms with van der Waals surface area (Å²) in [6.45, 7) is 2.07. The third-order valence-corrected chi connectivity index (χ3v) is 4.46. The Morgan fingerprint density at radius 2 is 1.81 bits per heavy atom. The number of hydrogen-bond donors (Lipinski definition) is 2. The van der Waals surface area contributed by atoms with Crippen molar-refractivity contribution in [2.24, 2.45) is 5.73 Å². The number of benzene rings is 2. The lowest BCUT2D eigenvalue weighted by Crippen LogP contribution is -2.13. The molecule has 0 radical (unpaired) electrons. The summed E-state index contributed by atoms with van der Waals surface area (Å²) in [6, 6.07) is 18.0. The van der Waals surface area contributed by atoms with Crippen molar-refractivity contribution in [3.8, 4) is 0 Å². The molecule has 2 aromatic carbocycles. The van der Waals surface area contributed by atoms with Crippen molar-refractivity contribution in [3.63, 3.8) is 0 Å². The van der Waals surface area contributed by atoms with E-state index >= 15 is 0 Å². The molecule has 0 spiro atoms. The molecule has 3 N–H and O–H groups in total. The quantitative estimate of drug-likeness (QED) is 0.567. The summed E-state index contributed by atoms with van der Waals surface area (Å²) in [6.07, 6.45) is 0. The van der Waals surface area contributed by atoms with E-state index in [2.05, 4.69) is 24.0 Å². The van der Waals surface area contributed by atoms with Crippen LogP contribution < -0.4 is 5.73 Å². The second kappa shape index (κ2) is 5.58. The molecule has 3 nitrogen and oxygen atoms in total. The molecule has 0 bridgehead atoms. The highest BCUT2D eigenvalue weighted by Crippen LogP contribution is 2.32. The first-order chi connectivity index (χ1) is 10.1. The van der Waals surface area contributed by atoms with E-state index in [1.54, 1.807) is 11.8 Å². The molecule has 0 aliphatic carbocycles. The summed E-state index contributed by atoms with van der Waals surface area (Å²) < 4.78 is 0. The van der Waals surface area contributed by atoms with Crippen LogP contribution in [0.15, 0.2) is 64.5 Å². The number of pyridine rings is 1. The van der Waals surface area contributed by atoms with Crippen LogP contribution in [0.4, 0.5) is 0 Å². The molecular weight excluding hydrogens is 278 g/mol. The molecular formula is C17H15N3S. The van der Waals surface area contributed by atoms with Crippen molar-refractivity contribution in [3.05, 3.63) is 65.7 Å². The van der Waals surface area contributed by atoms with Crippen LogP contribution in [0.2, 0.25) is 0 Å². The molecule has 1 aromatic heterocycles. The highest BCUT2D eigenvalue weighted by Gasteiger charge is 2.12. The minimum Gasteiger partial charge on any atom is -0.384 e. The van der Waals surface area contributed by atoms with Crippen LogP contribution in [0, 0.1) is 12.3 Å². The maximum atomic E-state index is 7.80. The molecule has 0 saturated heterocycles. The molecule has 104 valence electrons. The lowest BCUT2D eigenvalue weighted by molar-refractivity contribution is 1.15. The number of nitrogen functional groups attached to an aromatic ring is 1. The lowest BCUT2D eigenvalue weighted by atomic mass is 10.1. The van der Waals surface area contributed by atoms with Gasteiger partial charge >= 0.3 is 0 Å². The Morgan fingerprint density at radius 3 is 2.57 bits per heavy atom. The van der Waals surface area contributed by atoms with Crippen LogP contribution in [0.1, 0.15) is 11.1 Å². The number of aromatic nitrogens is 1. The number of aryl methyl sites for hydroxylation is 1. The summed E-state index contributed by atoms with van der Waals surface area (Å²) >= 11 is 1.55. The van der Waals surface area contributed by atoms with Crippen molar-refractivity contribution < 1.29 is 0 Å². The van der Waals surface area contributed by atoms with E-state index in [4.69, 9.17) is 11.1 Å². The second-order valence-electron chi connectivity index (χ2n) is 4.82. The average Bonchev–Trinajstić information content (AvgIpc) is 2.48. The fraction of sp³-hybridized carbons (Fsp3) is 0.0588. The monoisotopic (exact) mass is 293 g/mol. The van der Waals surface area contributed by atoms with Gasteiger partial charge in [-0.1, -0.05) is 48.2 Å². The third-order valence-electron chi connectivity index (χ3n) is 3.28. The summed E-state index contributed by atoms with van der Waals surface area (Å²) in [7, 11) is 0. The van der Waals surface area contributed by atoms with Gasteiger partial charge in [-0.05, 0) is 30.7 Å². The van der Waals surface area contributed by atoms with Crippen molar-refractivity contribution in [2.45, 2.75) is 16.8 Å². The fourth-order valence-corrected chi connectivity index (χ4v) is 3.15. The van der Waals surface area contributed by atoms with Crippen LogP contribution in [0.25, 0.3) is 10.9 Å². The predicted molar refractivity (Wildman–Crippen MR) is 88.1 cm³/mol. The van der Waals surface area contributed by atoms with E-state index < -0.39 is 0 Å². The lowest BCUT2D eigenvalue weighted by Gasteiger charge is -2.10. The summed E-state index contributed by atoms with van der Waals surface area (Å²) in [5.41, 5.74) is 8.51. The van der Waals surface area contributed by atoms with Crippen molar-refractivity contribution in [1.29, 1.82) is 5.41 Å². The number of nitrogens with zero attached hydrogens (tertiary/aromatic N) is 1. The molecule has 0 aliphatic heterocycles. The topological polar surface area (TPSA) is 62.8 Å². The van der Waals surface area contributed by atoms with Crippen LogP contribution in [0.5, 0.6) is 0 Å². The average molecular weight is 293 g/mol. The highest BCUT2D eigenvalue weighted by atomic mass is 32.2. The molecule has 0 atom stereocenters. The molecule has 1 heterocycles. The minimum atomic E-state index is 0.0457. The Morgan fingerprint density at radius 1 is 1.10 bits per heavy atom. The van der Waals surface area contributed by atoms with Gasteiger partial charge in [0.05, 0.1) is 5.52 Å². The molecule has 21 heavy (non-hydrogen) atoms. The van der Waals surface area contributed by atoms with E-state index in [-0.39, 0.29) is 5.84 Å². The number of amidine groups is 1. The summed E-state index contributed by atoms with van der Waals surface area (Å²) in [5, 5.41) is 9.57. The standard InChI is InChI=1S/C17H15N3S/c1-11-6-2-5-9-15(11)21-17-13(16(18)19)10-12-7-3-4-8-14(12)20-17/h2-10H,1H3,(H3,18,19). The van der Waals surface area contributed by atoms with Gasteiger partial charge < -0.3 is 5.73 Å². The van der Waals surface area contributed by atoms with Crippen molar-refractivity contribution in [2.75, 3.05) is 0 Å². The Kier molecular flexibility index (Phi) is 3.62. The van der Waals surface area contributed by atoms with E-state index in [1.807, 2.05) is 42.5 Å². The van der Waals surface area contributed by atoms with E-state index in [9.17, 15) is 0 Å². The SMILES string of the molecule is Cc1ccccc1Sc1nc2ccccc2cc1C(=N)N. The Hall–Kier alpha value is -2.33. The summed E-state index contributed by atoms with van der Waals surface area (Å²) in [5.74, 6) is 0.0457. The van der Waals surface area contributed by atoms with Gasteiger partial charge in [-0.15, -0.1) is 0 Å². The van der Waals surface area contributed by atoms with Gasteiger partial charge in [0.25, 0.3) is 0 Å². The molecule has 0 aliphatic rings. The highest BCUT2D eigenvalue weighted by molar-refractivity contribution is 7.99. The normalized spacial score (nSPS) is 10.7. The molecule has 4 heteroatoms. The Labute approximate surface area is 127 Å². The largest absolute Gasteiger partial charge is 0.384 e. The van der Waals surface area contributed by atoms with Crippen LogP contribution >= 0.6 is 11.8 Å². The number of nitrogens with one attached hydrogen (secondary N) is 1. The molecule has 0 unspecified atom stereocenters. The van der Waals surface area contributed by atoms with Gasteiger partial charge in [0.2, 0.25) is 0 Å². The molecule has 0 saturated carbocycles. The number of nitrogens with two attached hydrogens (primary N) is 1. The van der Waals surface area contributed by atoms with Gasteiger partial charge in [0.1, 0.15) is 10.9 Å². The maximum Gasteiger partial charge on any atom is 0.125 e. The third kappa shape index (κ3) is 2.76. The van der Waals surface area contributed by atoms with E-state index in [0.717, 1.165) is 20.8 Å². The second-order valence-corrected chi connectivity index (χ2v) is 5.85. The number of hydrogen-bond acceptors (Lipinski definition) is 3. The zero-order valence-electron chi connectivity index (χ0n) is 11.6. The number of para-hydroxylation sites is 1. The first kappa shape index (κ1) is 13.6. The zero-order chi connectivity index (χ0) is 14.8. The zero-order valence-corrected chi connectivity index (χ0v) is 12.4. The molecule has 0 fully saturated rings. The number of rotatable bonds is 3. The van der Waals surface area contributed by atoms with Gasteiger partial charge in [-0.25, -0.2) is 4.98 Å². The van der Waals surface area contributed by atoms with Crippen LogP contribution in [0.3, 0.4) is 0 Å². The molecule has 0 amide bonds. The molecule has 3 rings (SSSR count). The first-order valence-electron chi connectivity index (χ1n) is 6.63. The van der Waals surface area contributed by atoms with E-state index in [0.29, 0.717) is 5.56 Å². The van der Waals surface area contributed by atoms with Gasteiger partial charge in [-0.3, -0.25) is 5.41 Å². The Balaban J connectivity index is 2.14. The first-order valence-corrected chi connectivity index (χ1v) is 7.44. The van der Waals surface area contributed by atoms with Gasteiger partial charge in [0.15, 0.2) is 0 Å². The van der Waals surface area contributed by atoms with Crippen molar-refractivity contribution in [1.82, 2.24) is 4.98 Å². The van der Waals surface area contributed by atoms with Crippen LogP contribution in [-0.4, -0.2) is 10.8 Å². The van der Waals surface area contributed by atoms with E-state index in [1.165, 1.54) is 5.56 Å². The summed E-state index contributed by atoms with van der Waals surface area (Å²) in [4.78, 5) is 5.80. The predicted octanol–water partition coefficient (Wildman–Crippen LogP) is 3.98. The van der Waals surface area contributed by atoms with Crippen LogP contribution in [-0.2, 0) is 0 Å². The Bertz CT molecular complexity index is 827. The minimum absolute atomic E-state index is 0.0457. The van der Waals surface area contributed by atoms with Gasteiger partial charge in [-0.2, -0.15) is 0 Å².